The zero-order valence-electron chi connectivity index (χ0n) is 7.22. The SMILES string of the molecule is CCC1CN(C)CC(C)N1. The van der Waals surface area contributed by atoms with E-state index in [0.29, 0.717) is 12.1 Å². The highest BCUT2D eigenvalue weighted by atomic mass is 15.2. The molecular formula is C8H18N2. The molecule has 0 radical (unpaired) electrons. The van der Waals surface area contributed by atoms with Gasteiger partial charge in [-0.25, -0.2) is 0 Å². The van der Waals surface area contributed by atoms with Gasteiger partial charge in [0, 0.05) is 25.2 Å². The minimum atomic E-state index is 0.670. The molecule has 2 atom stereocenters. The first-order chi connectivity index (χ1) is 4.72. The molecule has 0 aromatic carbocycles. The highest BCUT2D eigenvalue weighted by Gasteiger charge is 2.18. The molecule has 60 valence electrons. The van der Waals surface area contributed by atoms with E-state index in [0.717, 1.165) is 0 Å². The summed E-state index contributed by atoms with van der Waals surface area (Å²) < 4.78 is 0. The van der Waals surface area contributed by atoms with Crippen molar-refractivity contribution in [2.75, 3.05) is 20.1 Å². The van der Waals surface area contributed by atoms with Gasteiger partial charge in [0.25, 0.3) is 0 Å². The number of piperazine rings is 1. The van der Waals surface area contributed by atoms with E-state index in [2.05, 4.69) is 31.1 Å². The van der Waals surface area contributed by atoms with Crippen molar-refractivity contribution in [3.05, 3.63) is 0 Å². The van der Waals surface area contributed by atoms with Crippen molar-refractivity contribution in [2.45, 2.75) is 32.4 Å². The number of likely N-dealkylation sites (N-methyl/N-ethyl adjacent to an activating group) is 1. The summed E-state index contributed by atoms with van der Waals surface area (Å²) in [6, 6.07) is 1.39. The van der Waals surface area contributed by atoms with Crippen LogP contribution in [0.15, 0.2) is 0 Å². The molecule has 1 rings (SSSR count). The monoisotopic (exact) mass is 142 g/mol. The van der Waals surface area contributed by atoms with Gasteiger partial charge in [0.1, 0.15) is 0 Å². The van der Waals surface area contributed by atoms with Crippen LogP contribution in [0.1, 0.15) is 20.3 Å². The van der Waals surface area contributed by atoms with Gasteiger partial charge < -0.3 is 10.2 Å². The lowest BCUT2D eigenvalue weighted by atomic mass is 10.1. The van der Waals surface area contributed by atoms with Crippen molar-refractivity contribution in [1.29, 1.82) is 0 Å². The second kappa shape index (κ2) is 3.35. The largest absolute Gasteiger partial charge is 0.309 e. The normalized spacial score (nSPS) is 36.3. The third-order valence-electron chi connectivity index (χ3n) is 2.13. The van der Waals surface area contributed by atoms with E-state index in [9.17, 15) is 0 Å². The number of hydrogen-bond acceptors (Lipinski definition) is 2. The summed E-state index contributed by atoms with van der Waals surface area (Å²) in [5, 5.41) is 3.55. The van der Waals surface area contributed by atoms with Crippen LogP contribution in [0.25, 0.3) is 0 Å². The van der Waals surface area contributed by atoms with Crippen LogP contribution >= 0.6 is 0 Å². The first kappa shape index (κ1) is 8.02. The molecule has 0 aromatic heterocycles. The summed E-state index contributed by atoms with van der Waals surface area (Å²) >= 11 is 0. The first-order valence-corrected chi connectivity index (χ1v) is 4.17. The minimum absolute atomic E-state index is 0.670. The lowest BCUT2D eigenvalue weighted by Gasteiger charge is -2.34. The quantitative estimate of drug-likeness (QED) is 0.579. The standard InChI is InChI=1S/C8H18N2/c1-4-8-6-10(3)5-7(2)9-8/h7-9H,4-6H2,1-3H3. The van der Waals surface area contributed by atoms with E-state index in [1.165, 1.54) is 19.5 Å². The third kappa shape index (κ3) is 1.96. The fraction of sp³-hybridized carbons (Fsp3) is 1.00. The van der Waals surface area contributed by atoms with Crippen LogP contribution in [0.2, 0.25) is 0 Å². The Hall–Kier alpha value is -0.0800. The number of nitrogens with one attached hydrogen (secondary N) is 1. The number of rotatable bonds is 1. The van der Waals surface area contributed by atoms with Crippen LogP contribution in [0.4, 0.5) is 0 Å². The Bertz CT molecular complexity index is 93.4. The van der Waals surface area contributed by atoms with Gasteiger partial charge >= 0.3 is 0 Å². The van der Waals surface area contributed by atoms with E-state index >= 15 is 0 Å². The Balaban J connectivity index is 2.35. The molecule has 0 aliphatic carbocycles. The molecule has 1 saturated heterocycles. The van der Waals surface area contributed by atoms with Crippen LogP contribution in [0.5, 0.6) is 0 Å². The van der Waals surface area contributed by atoms with Gasteiger partial charge in [-0.15, -0.1) is 0 Å². The van der Waals surface area contributed by atoms with Crippen molar-refractivity contribution in [3.8, 4) is 0 Å². The molecule has 2 unspecified atom stereocenters. The Kier molecular flexibility index (Phi) is 2.69. The molecule has 1 heterocycles. The lowest BCUT2D eigenvalue weighted by Crippen LogP contribution is -2.53. The summed E-state index contributed by atoms with van der Waals surface area (Å²) in [5.74, 6) is 0. The van der Waals surface area contributed by atoms with Gasteiger partial charge in [-0.3, -0.25) is 0 Å². The molecule has 1 aliphatic heterocycles. The van der Waals surface area contributed by atoms with Crippen molar-refractivity contribution < 1.29 is 0 Å². The fourth-order valence-electron chi connectivity index (χ4n) is 1.67. The summed E-state index contributed by atoms with van der Waals surface area (Å²) in [6.07, 6.45) is 1.24. The molecular weight excluding hydrogens is 124 g/mol. The van der Waals surface area contributed by atoms with Crippen LogP contribution in [0, 0.1) is 0 Å². The summed E-state index contributed by atoms with van der Waals surface area (Å²) in [5.41, 5.74) is 0. The van der Waals surface area contributed by atoms with Gasteiger partial charge in [0.15, 0.2) is 0 Å². The highest BCUT2D eigenvalue weighted by Crippen LogP contribution is 2.03. The van der Waals surface area contributed by atoms with Gasteiger partial charge in [-0.1, -0.05) is 6.92 Å². The van der Waals surface area contributed by atoms with E-state index in [1.54, 1.807) is 0 Å². The average molecular weight is 142 g/mol. The van der Waals surface area contributed by atoms with Crippen LogP contribution in [-0.4, -0.2) is 37.1 Å². The Labute approximate surface area is 63.6 Å². The maximum absolute atomic E-state index is 3.55. The molecule has 0 saturated carbocycles. The predicted octanol–water partition coefficient (Wildman–Crippen LogP) is 0.689. The maximum Gasteiger partial charge on any atom is 0.0195 e. The fourth-order valence-corrected chi connectivity index (χ4v) is 1.67. The zero-order chi connectivity index (χ0) is 7.56. The van der Waals surface area contributed by atoms with Crippen LogP contribution in [0.3, 0.4) is 0 Å². The summed E-state index contributed by atoms with van der Waals surface area (Å²) in [6.45, 7) is 6.89. The average Bonchev–Trinajstić information content (AvgIpc) is 1.85. The molecule has 10 heavy (non-hydrogen) atoms. The highest BCUT2D eigenvalue weighted by molar-refractivity contribution is 4.80. The minimum Gasteiger partial charge on any atom is -0.309 e. The van der Waals surface area contributed by atoms with Gasteiger partial charge in [-0.2, -0.15) is 0 Å². The molecule has 2 heteroatoms. The molecule has 2 nitrogen and oxygen atoms in total. The van der Waals surface area contributed by atoms with Gasteiger partial charge in [0.2, 0.25) is 0 Å². The second-order valence-electron chi connectivity index (χ2n) is 3.39. The molecule has 1 fully saturated rings. The van der Waals surface area contributed by atoms with E-state index in [-0.39, 0.29) is 0 Å². The van der Waals surface area contributed by atoms with Gasteiger partial charge in [0.05, 0.1) is 0 Å². The summed E-state index contributed by atoms with van der Waals surface area (Å²) in [7, 11) is 2.19. The van der Waals surface area contributed by atoms with Crippen LogP contribution < -0.4 is 5.32 Å². The van der Waals surface area contributed by atoms with Crippen molar-refractivity contribution in [2.24, 2.45) is 0 Å². The smallest absolute Gasteiger partial charge is 0.0195 e. The van der Waals surface area contributed by atoms with Crippen molar-refractivity contribution in [3.63, 3.8) is 0 Å². The third-order valence-corrected chi connectivity index (χ3v) is 2.13. The molecule has 0 amide bonds. The molecule has 1 aliphatic rings. The lowest BCUT2D eigenvalue weighted by molar-refractivity contribution is 0.196. The van der Waals surface area contributed by atoms with E-state index < -0.39 is 0 Å². The molecule has 1 N–H and O–H groups in total. The Morgan fingerprint density at radius 3 is 2.70 bits per heavy atom. The Morgan fingerprint density at radius 2 is 2.20 bits per heavy atom. The van der Waals surface area contributed by atoms with Gasteiger partial charge in [-0.05, 0) is 20.4 Å². The molecule has 0 bridgehead atoms. The zero-order valence-corrected chi connectivity index (χ0v) is 7.22. The first-order valence-electron chi connectivity index (χ1n) is 4.17. The Morgan fingerprint density at radius 1 is 1.50 bits per heavy atom. The van der Waals surface area contributed by atoms with Crippen molar-refractivity contribution in [1.82, 2.24) is 10.2 Å². The molecule has 0 spiro atoms. The molecule has 0 aromatic rings. The topological polar surface area (TPSA) is 15.3 Å². The van der Waals surface area contributed by atoms with Crippen LogP contribution in [-0.2, 0) is 0 Å². The maximum atomic E-state index is 3.55. The second-order valence-corrected chi connectivity index (χ2v) is 3.39. The number of hydrogen-bond donors (Lipinski definition) is 1. The van der Waals surface area contributed by atoms with Crippen molar-refractivity contribution >= 4 is 0 Å². The predicted molar refractivity (Wildman–Crippen MR) is 44.2 cm³/mol. The number of nitrogens with zero attached hydrogens (tertiary/aromatic N) is 1. The summed E-state index contributed by atoms with van der Waals surface area (Å²) in [4.78, 5) is 2.40. The van der Waals surface area contributed by atoms with E-state index in [4.69, 9.17) is 0 Å². The van der Waals surface area contributed by atoms with E-state index in [1.807, 2.05) is 0 Å².